The zero-order valence-corrected chi connectivity index (χ0v) is 12.4. The Labute approximate surface area is 119 Å². The SMILES string of the molecule is COc1ccc(OC)c2c(C)cc(C[C@@H](C)CO)nc12. The van der Waals surface area contributed by atoms with Gasteiger partial charge in [0, 0.05) is 17.7 Å². The maximum atomic E-state index is 9.19. The molecule has 4 heteroatoms. The Morgan fingerprint density at radius 2 is 1.85 bits per heavy atom. The number of hydrogen-bond acceptors (Lipinski definition) is 4. The molecule has 2 aromatic rings. The lowest BCUT2D eigenvalue weighted by Gasteiger charge is -2.14. The van der Waals surface area contributed by atoms with Crippen LogP contribution < -0.4 is 9.47 Å². The molecule has 0 radical (unpaired) electrons. The number of ether oxygens (including phenoxy) is 2. The average molecular weight is 275 g/mol. The molecule has 1 aromatic heterocycles. The predicted molar refractivity (Wildman–Crippen MR) is 79.5 cm³/mol. The van der Waals surface area contributed by atoms with E-state index < -0.39 is 0 Å². The second-order valence-corrected chi connectivity index (χ2v) is 5.12. The monoisotopic (exact) mass is 275 g/mol. The third-order valence-corrected chi connectivity index (χ3v) is 3.44. The molecule has 0 aliphatic rings. The van der Waals surface area contributed by atoms with E-state index >= 15 is 0 Å². The molecule has 1 atom stereocenters. The van der Waals surface area contributed by atoms with Gasteiger partial charge in [-0.15, -0.1) is 0 Å². The Morgan fingerprint density at radius 1 is 1.20 bits per heavy atom. The number of nitrogens with zero attached hydrogens (tertiary/aromatic N) is 1. The third-order valence-electron chi connectivity index (χ3n) is 3.44. The van der Waals surface area contributed by atoms with Crippen molar-refractivity contribution in [2.45, 2.75) is 20.3 Å². The molecular weight excluding hydrogens is 254 g/mol. The van der Waals surface area contributed by atoms with Gasteiger partial charge in [0.2, 0.25) is 0 Å². The lowest BCUT2D eigenvalue weighted by atomic mass is 10.0. The van der Waals surface area contributed by atoms with E-state index in [2.05, 4.69) is 11.1 Å². The van der Waals surface area contributed by atoms with Gasteiger partial charge in [-0.2, -0.15) is 0 Å². The van der Waals surface area contributed by atoms with Crippen LogP contribution in [0.2, 0.25) is 0 Å². The van der Waals surface area contributed by atoms with Crippen molar-refractivity contribution >= 4 is 10.9 Å². The first-order valence-electron chi connectivity index (χ1n) is 6.72. The molecule has 108 valence electrons. The minimum absolute atomic E-state index is 0.161. The molecule has 1 aromatic carbocycles. The number of rotatable bonds is 5. The van der Waals surface area contributed by atoms with Gasteiger partial charge in [-0.3, -0.25) is 0 Å². The highest BCUT2D eigenvalue weighted by atomic mass is 16.5. The summed E-state index contributed by atoms with van der Waals surface area (Å²) in [6.45, 7) is 4.21. The summed E-state index contributed by atoms with van der Waals surface area (Å²) in [6.07, 6.45) is 0.744. The third kappa shape index (κ3) is 2.70. The number of benzene rings is 1. The van der Waals surface area contributed by atoms with Crippen LogP contribution in [0.1, 0.15) is 18.2 Å². The number of aryl methyl sites for hydroxylation is 1. The Morgan fingerprint density at radius 3 is 2.45 bits per heavy atom. The van der Waals surface area contributed by atoms with Crippen LogP contribution >= 0.6 is 0 Å². The number of pyridine rings is 1. The largest absolute Gasteiger partial charge is 0.496 e. The zero-order chi connectivity index (χ0) is 14.7. The summed E-state index contributed by atoms with van der Waals surface area (Å²) in [5.41, 5.74) is 2.88. The van der Waals surface area contributed by atoms with Crippen LogP contribution in [0.25, 0.3) is 10.9 Å². The molecule has 0 aliphatic heterocycles. The molecule has 0 fully saturated rings. The van der Waals surface area contributed by atoms with Crippen molar-refractivity contribution in [2.24, 2.45) is 5.92 Å². The maximum Gasteiger partial charge on any atom is 0.145 e. The van der Waals surface area contributed by atoms with Crippen molar-refractivity contribution in [2.75, 3.05) is 20.8 Å². The lowest BCUT2D eigenvalue weighted by Crippen LogP contribution is -2.07. The molecule has 0 bridgehead atoms. The molecule has 0 spiro atoms. The van der Waals surface area contributed by atoms with Gasteiger partial charge < -0.3 is 14.6 Å². The van der Waals surface area contributed by atoms with Crippen LogP contribution in [0.5, 0.6) is 11.5 Å². The quantitative estimate of drug-likeness (QED) is 0.911. The number of aromatic nitrogens is 1. The summed E-state index contributed by atoms with van der Waals surface area (Å²) >= 11 is 0. The first-order chi connectivity index (χ1) is 9.60. The van der Waals surface area contributed by atoms with Crippen LogP contribution in [0.4, 0.5) is 0 Å². The highest BCUT2D eigenvalue weighted by molar-refractivity contribution is 5.92. The fourth-order valence-electron chi connectivity index (χ4n) is 2.40. The number of aliphatic hydroxyl groups is 1. The van der Waals surface area contributed by atoms with E-state index in [0.717, 1.165) is 40.1 Å². The van der Waals surface area contributed by atoms with E-state index in [9.17, 15) is 5.11 Å². The molecule has 0 aliphatic carbocycles. The van der Waals surface area contributed by atoms with Gasteiger partial charge in [-0.25, -0.2) is 4.98 Å². The summed E-state index contributed by atoms with van der Waals surface area (Å²) in [5, 5.41) is 10.2. The smallest absolute Gasteiger partial charge is 0.145 e. The highest BCUT2D eigenvalue weighted by Crippen LogP contribution is 2.34. The van der Waals surface area contributed by atoms with Gasteiger partial charge in [0.25, 0.3) is 0 Å². The van der Waals surface area contributed by atoms with Crippen molar-refractivity contribution in [3.8, 4) is 11.5 Å². The van der Waals surface area contributed by atoms with Crippen molar-refractivity contribution in [1.82, 2.24) is 4.98 Å². The van der Waals surface area contributed by atoms with E-state index in [1.165, 1.54) is 0 Å². The van der Waals surface area contributed by atoms with Crippen LogP contribution in [0.3, 0.4) is 0 Å². The second kappa shape index (κ2) is 6.09. The summed E-state index contributed by atoms with van der Waals surface area (Å²) in [6, 6.07) is 5.81. The van der Waals surface area contributed by atoms with Crippen molar-refractivity contribution in [1.29, 1.82) is 0 Å². The lowest BCUT2D eigenvalue weighted by molar-refractivity contribution is 0.236. The molecule has 20 heavy (non-hydrogen) atoms. The normalized spacial score (nSPS) is 12.4. The minimum atomic E-state index is 0.161. The Hall–Kier alpha value is -1.81. The number of methoxy groups -OCH3 is 2. The summed E-state index contributed by atoms with van der Waals surface area (Å²) in [7, 11) is 3.30. The van der Waals surface area contributed by atoms with Crippen LogP contribution in [0.15, 0.2) is 18.2 Å². The average Bonchev–Trinajstić information content (AvgIpc) is 2.45. The van der Waals surface area contributed by atoms with Gasteiger partial charge in [0.1, 0.15) is 17.0 Å². The topological polar surface area (TPSA) is 51.6 Å². The van der Waals surface area contributed by atoms with Crippen LogP contribution in [-0.2, 0) is 6.42 Å². The molecular formula is C16H21NO3. The van der Waals surface area contributed by atoms with Crippen molar-refractivity contribution in [3.05, 3.63) is 29.5 Å². The maximum absolute atomic E-state index is 9.19. The van der Waals surface area contributed by atoms with Crippen LogP contribution in [-0.4, -0.2) is 30.9 Å². The molecule has 0 unspecified atom stereocenters. The molecule has 1 N–H and O–H groups in total. The highest BCUT2D eigenvalue weighted by Gasteiger charge is 2.13. The summed E-state index contributed by atoms with van der Waals surface area (Å²) in [5.74, 6) is 1.73. The Balaban J connectivity index is 2.62. The van der Waals surface area contributed by atoms with E-state index in [4.69, 9.17) is 9.47 Å². The molecule has 1 heterocycles. The standard InChI is InChI=1S/C16H21NO3/c1-10(9-18)7-12-8-11(2)15-13(19-3)5-6-14(20-4)16(15)17-12/h5-6,8,10,18H,7,9H2,1-4H3/t10-/m1/s1. The summed E-state index contributed by atoms with van der Waals surface area (Å²) < 4.78 is 10.8. The van der Waals surface area contributed by atoms with E-state index in [1.807, 2.05) is 26.0 Å². The van der Waals surface area contributed by atoms with E-state index in [-0.39, 0.29) is 12.5 Å². The van der Waals surface area contributed by atoms with Gasteiger partial charge in [0.05, 0.1) is 14.2 Å². The Kier molecular flexibility index (Phi) is 4.45. The fourth-order valence-corrected chi connectivity index (χ4v) is 2.40. The molecule has 0 amide bonds. The first-order valence-corrected chi connectivity index (χ1v) is 6.72. The number of hydrogen-bond donors (Lipinski definition) is 1. The molecule has 4 nitrogen and oxygen atoms in total. The number of fused-ring (bicyclic) bond motifs is 1. The van der Waals surface area contributed by atoms with Gasteiger partial charge >= 0.3 is 0 Å². The van der Waals surface area contributed by atoms with Gasteiger partial charge in [-0.05, 0) is 43.0 Å². The van der Waals surface area contributed by atoms with Crippen molar-refractivity contribution < 1.29 is 14.6 Å². The van der Waals surface area contributed by atoms with E-state index in [1.54, 1.807) is 14.2 Å². The molecule has 2 rings (SSSR count). The van der Waals surface area contributed by atoms with Gasteiger partial charge in [0.15, 0.2) is 0 Å². The zero-order valence-electron chi connectivity index (χ0n) is 12.4. The minimum Gasteiger partial charge on any atom is -0.496 e. The fraction of sp³-hybridized carbons (Fsp3) is 0.438. The summed E-state index contributed by atoms with van der Waals surface area (Å²) in [4.78, 5) is 4.69. The Bertz CT molecular complexity index is 610. The van der Waals surface area contributed by atoms with Gasteiger partial charge in [-0.1, -0.05) is 6.92 Å². The van der Waals surface area contributed by atoms with Crippen LogP contribution in [0, 0.1) is 12.8 Å². The van der Waals surface area contributed by atoms with Crippen molar-refractivity contribution in [3.63, 3.8) is 0 Å². The predicted octanol–water partition coefficient (Wildman–Crippen LogP) is 2.73. The molecule has 0 saturated carbocycles. The van der Waals surface area contributed by atoms with E-state index in [0.29, 0.717) is 0 Å². The number of aliphatic hydroxyl groups excluding tert-OH is 1. The molecule has 0 saturated heterocycles. The second-order valence-electron chi connectivity index (χ2n) is 5.12. The first kappa shape index (κ1) is 14.6.